The van der Waals surface area contributed by atoms with Gasteiger partial charge in [0, 0.05) is 31.2 Å². The Morgan fingerprint density at radius 1 is 1.22 bits per heavy atom. The Morgan fingerprint density at radius 3 is 2.83 bits per heavy atom. The van der Waals surface area contributed by atoms with E-state index in [1.54, 1.807) is 28.0 Å². The summed E-state index contributed by atoms with van der Waals surface area (Å²) in [6.07, 6.45) is 9.40. The van der Waals surface area contributed by atoms with Crippen molar-refractivity contribution in [2.24, 2.45) is 7.05 Å². The Kier molecular flexibility index (Phi) is 4.01. The minimum Gasteiger partial charge on any atom is -0.321 e. The standard InChI is InChI=1S/C15H16N8/c1-11-6-17-15(20-13-8-18-22(2)10-13)21-14(11)12-7-19-23(9-12)5-3-4-16/h6-10H,3,5H2,1-2H3,(H,17,20,21). The molecule has 0 aliphatic rings. The number of aryl methyl sites for hydroxylation is 3. The third-order valence-corrected chi connectivity index (χ3v) is 3.29. The molecule has 8 heteroatoms. The van der Waals surface area contributed by atoms with Crippen molar-refractivity contribution in [3.05, 3.63) is 36.5 Å². The molecule has 0 fully saturated rings. The summed E-state index contributed by atoms with van der Waals surface area (Å²) in [7, 11) is 1.85. The van der Waals surface area contributed by atoms with Crippen molar-refractivity contribution in [2.75, 3.05) is 5.32 Å². The van der Waals surface area contributed by atoms with Crippen LogP contribution in [0.1, 0.15) is 12.0 Å². The molecule has 0 spiro atoms. The Labute approximate surface area is 133 Å². The van der Waals surface area contributed by atoms with Crippen molar-refractivity contribution in [1.29, 1.82) is 5.26 Å². The van der Waals surface area contributed by atoms with Crippen molar-refractivity contribution < 1.29 is 0 Å². The number of rotatable bonds is 5. The lowest BCUT2D eigenvalue weighted by Crippen LogP contribution is -1.99. The zero-order valence-corrected chi connectivity index (χ0v) is 12.9. The van der Waals surface area contributed by atoms with Gasteiger partial charge in [0.05, 0.1) is 42.8 Å². The van der Waals surface area contributed by atoms with E-state index in [0.717, 1.165) is 22.5 Å². The minimum absolute atomic E-state index is 0.428. The van der Waals surface area contributed by atoms with Gasteiger partial charge in [-0.25, -0.2) is 9.97 Å². The van der Waals surface area contributed by atoms with Crippen LogP contribution in [-0.4, -0.2) is 29.5 Å². The van der Waals surface area contributed by atoms with E-state index >= 15 is 0 Å². The molecule has 0 saturated carbocycles. The zero-order chi connectivity index (χ0) is 16.2. The number of anilines is 2. The number of nitriles is 1. The maximum Gasteiger partial charge on any atom is 0.227 e. The van der Waals surface area contributed by atoms with Crippen LogP contribution in [-0.2, 0) is 13.6 Å². The van der Waals surface area contributed by atoms with Crippen LogP contribution < -0.4 is 5.32 Å². The average molecular weight is 308 g/mol. The van der Waals surface area contributed by atoms with Crippen LogP contribution in [0.25, 0.3) is 11.3 Å². The van der Waals surface area contributed by atoms with Crippen molar-refractivity contribution in [2.45, 2.75) is 19.9 Å². The van der Waals surface area contributed by atoms with Gasteiger partial charge in [-0.3, -0.25) is 9.36 Å². The van der Waals surface area contributed by atoms with Gasteiger partial charge in [0.25, 0.3) is 0 Å². The van der Waals surface area contributed by atoms with Crippen molar-refractivity contribution in [3.8, 4) is 17.3 Å². The predicted molar refractivity (Wildman–Crippen MR) is 84.7 cm³/mol. The minimum atomic E-state index is 0.428. The first-order valence-corrected chi connectivity index (χ1v) is 7.15. The summed E-state index contributed by atoms with van der Waals surface area (Å²) in [5.74, 6) is 0.503. The van der Waals surface area contributed by atoms with Crippen molar-refractivity contribution in [3.63, 3.8) is 0 Å². The number of nitrogens with one attached hydrogen (secondary N) is 1. The summed E-state index contributed by atoms with van der Waals surface area (Å²) in [6.45, 7) is 2.53. The molecule has 3 aromatic heterocycles. The monoisotopic (exact) mass is 308 g/mol. The van der Waals surface area contributed by atoms with E-state index in [1.807, 2.05) is 26.4 Å². The molecule has 0 saturated heterocycles. The number of hydrogen-bond donors (Lipinski definition) is 1. The van der Waals surface area contributed by atoms with Gasteiger partial charge < -0.3 is 5.32 Å². The molecule has 8 nitrogen and oxygen atoms in total. The molecule has 3 heterocycles. The first kappa shape index (κ1) is 14.7. The second-order valence-corrected chi connectivity index (χ2v) is 5.15. The van der Waals surface area contributed by atoms with Crippen LogP contribution in [0.5, 0.6) is 0 Å². The molecule has 0 aliphatic heterocycles. The van der Waals surface area contributed by atoms with Gasteiger partial charge in [-0.15, -0.1) is 0 Å². The number of aromatic nitrogens is 6. The lowest BCUT2D eigenvalue weighted by molar-refractivity contribution is 0.628. The fourth-order valence-electron chi connectivity index (χ4n) is 2.18. The fraction of sp³-hybridized carbons (Fsp3) is 0.267. The molecule has 3 aromatic rings. The van der Waals surface area contributed by atoms with Gasteiger partial charge in [-0.2, -0.15) is 15.5 Å². The van der Waals surface area contributed by atoms with Crippen LogP contribution in [0.4, 0.5) is 11.6 Å². The first-order chi connectivity index (χ1) is 11.2. The predicted octanol–water partition coefficient (Wildman–Crippen LogP) is 2.04. The molecule has 0 amide bonds. The van der Waals surface area contributed by atoms with Crippen molar-refractivity contribution in [1.82, 2.24) is 29.5 Å². The molecule has 23 heavy (non-hydrogen) atoms. The summed E-state index contributed by atoms with van der Waals surface area (Å²) in [4.78, 5) is 8.86. The molecule has 3 rings (SSSR count). The highest BCUT2D eigenvalue weighted by molar-refractivity contribution is 5.63. The molecule has 0 radical (unpaired) electrons. The zero-order valence-electron chi connectivity index (χ0n) is 12.9. The molecule has 0 atom stereocenters. The first-order valence-electron chi connectivity index (χ1n) is 7.15. The summed E-state index contributed by atoms with van der Waals surface area (Å²) in [5, 5.41) is 20.1. The third-order valence-electron chi connectivity index (χ3n) is 3.29. The molecule has 116 valence electrons. The van der Waals surface area contributed by atoms with Gasteiger partial charge in [0.15, 0.2) is 0 Å². The highest BCUT2D eigenvalue weighted by atomic mass is 15.3. The molecular formula is C15H16N8. The van der Waals surface area contributed by atoms with Gasteiger partial charge in [0.2, 0.25) is 5.95 Å². The average Bonchev–Trinajstić information content (AvgIpc) is 3.16. The SMILES string of the molecule is Cc1cnc(Nc2cnn(C)c2)nc1-c1cnn(CCC#N)c1. The number of nitrogens with zero attached hydrogens (tertiary/aromatic N) is 7. The second kappa shape index (κ2) is 6.27. The number of hydrogen-bond acceptors (Lipinski definition) is 6. The van der Waals surface area contributed by atoms with Crippen LogP contribution >= 0.6 is 0 Å². The summed E-state index contributed by atoms with van der Waals surface area (Å²) in [6, 6.07) is 2.11. The van der Waals surface area contributed by atoms with Crippen LogP contribution in [0.2, 0.25) is 0 Å². The largest absolute Gasteiger partial charge is 0.321 e. The Balaban J connectivity index is 1.85. The van der Waals surface area contributed by atoms with Gasteiger partial charge in [-0.1, -0.05) is 0 Å². The summed E-state index contributed by atoms with van der Waals surface area (Å²) >= 11 is 0. The maximum atomic E-state index is 8.65. The second-order valence-electron chi connectivity index (χ2n) is 5.15. The van der Waals surface area contributed by atoms with E-state index in [1.165, 1.54) is 0 Å². The van der Waals surface area contributed by atoms with Gasteiger partial charge in [-0.05, 0) is 12.5 Å². The molecule has 0 aliphatic carbocycles. The normalized spacial score (nSPS) is 10.5. The quantitative estimate of drug-likeness (QED) is 0.774. The Hall–Kier alpha value is -3.21. The van der Waals surface area contributed by atoms with Gasteiger partial charge >= 0.3 is 0 Å². The highest BCUT2D eigenvalue weighted by Gasteiger charge is 2.10. The van der Waals surface area contributed by atoms with Crippen LogP contribution in [0.3, 0.4) is 0 Å². The van der Waals surface area contributed by atoms with E-state index < -0.39 is 0 Å². The van der Waals surface area contributed by atoms with E-state index in [9.17, 15) is 0 Å². The van der Waals surface area contributed by atoms with E-state index in [4.69, 9.17) is 5.26 Å². The molecule has 1 N–H and O–H groups in total. The summed E-state index contributed by atoms with van der Waals surface area (Å²) in [5.41, 5.74) is 3.50. The van der Waals surface area contributed by atoms with Crippen LogP contribution in [0.15, 0.2) is 31.0 Å². The maximum absolute atomic E-state index is 8.65. The molecule has 0 bridgehead atoms. The van der Waals surface area contributed by atoms with Crippen LogP contribution in [0, 0.1) is 18.3 Å². The highest BCUT2D eigenvalue weighted by Crippen LogP contribution is 2.22. The molecule has 0 aromatic carbocycles. The van der Waals surface area contributed by atoms with E-state index in [0.29, 0.717) is 18.9 Å². The van der Waals surface area contributed by atoms with Gasteiger partial charge in [0.1, 0.15) is 0 Å². The van der Waals surface area contributed by atoms with E-state index in [-0.39, 0.29) is 0 Å². The Morgan fingerprint density at radius 2 is 2.09 bits per heavy atom. The Bertz CT molecular complexity index is 854. The molecular weight excluding hydrogens is 292 g/mol. The third kappa shape index (κ3) is 3.35. The lowest BCUT2D eigenvalue weighted by Gasteiger charge is -2.06. The van der Waals surface area contributed by atoms with Crippen molar-refractivity contribution >= 4 is 11.6 Å². The smallest absolute Gasteiger partial charge is 0.227 e. The molecule has 0 unspecified atom stereocenters. The van der Waals surface area contributed by atoms with E-state index in [2.05, 4.69) is 31.6 Å². The topological polar surface area (TPSA) is 97.2 Å². The lowest BCUT2D eigenvalue weighted by atomic mass is 10.1. The summed E-state index contributed by atoms with van der Waals surface area (Å²) < 4.78 is 3.45. The fourth-order valence-corrected chi connectivity index (χ4v) is 2.18.